The maximum atomic E-state index is 10.9. The molecule has 1 aromatic carbocycles. The molecule has 0 aromatic heterocycles. The highest BCUT2D eigenvalue weighted by Crippen LogP contribution is 2.23. The average Bonchev–Trinajstić information content (AvgIpc) is 2.34. The van der Waals surface area contributed by atoms with E-state index in [1.807, 2.05) is 6.07 Å². The second kappa shape index (κ2) is 7.13. The second-order valence-electron chi connectivity index (χ2n) is 5.44. The lowest BCUT2D eigenvalue weighted by Gasteiger charge is -2.14. The van der Waals surface area contributed by atoms with Crippen LogP contribution in [-0.2, 0) is 9.53 Å². The number of hydrogen-bond acceptors (Lipinski definition) is 2. The molecule has 0 heterocycles. The van der Waals surface area contributed by atoms with E-state index in [-0.39, 0.29) is 5.97 Å². The van der Waals surface area contributed by atoms with Crippen molar-refractivity contribution < 1.29 is 9.53 Å². The maximum Gasteiger partial charge on any atom is 0.302 e. The third kappa shape index (κ3) is 4.90. The van der Waals surface area contributed by atoms with Gasteiger partial charge in [-0.05, 0) is 28.5 Å². The van der Waals surface area contributed by atoms with Crippen LogP contribution in [0.25, 0.3) is 6.08 Å². The molecule has 0 aliphatic rings. The lowest BCUT2D eigenvalue weighted by molar-refractivity contribution is -0.140. The molecule has 0 fully saturated rings. The first-order valence-electron chi connectivity index (χ1n) is 6.84. The third-order valence-electron chi connectivity index (χ3n) is 3.14. The fraction of sp³-hybridized carbons (Fsp3) is 0.471. The highest BCUT2D eigenvalue weighted by Gasteiger charge is 2.09. The Labute approximate surface area is 116 Å². The molecule has 0 N–H and O–H groups in total. The van der Waals surface area contributed by atoms with Gasteiger partial charge in [0.2, 0.25) is 0 Å². The van der Waals surface area contributed by atoms with E-state index in [0.29, 0.717) is 18.4 Å². The third-order valence-corrected chi connectivity index (χ3v) is 3.14. The zero-order valence-electron chi connectivity index (χ0n) is 12.6. The van der Waals surface area contributed by atoms with E-state index < -0.39 is 0 Å². The monoisotopic (exact) mass is 260 g/mol. The summed E-state index contributed by atoms with van der Waals surface area (Å²) in [6, 6.07) is 8.38. The summed E-state index contributed by atoms with van der Waals surface area (Å²) in [7, 11) is 0. The molecule has 0 unspecified atom stereocenters. The van der Waals surface area contributed by atoms with Crippen LogP contribution in [0.3, 0.4) is 0 Å². The number of carbonyl (C=O) groups excluding carboxylic acids is 1. The minimum Gasteiger partial charge on any atom is -0.461 e. The van der Waals surface area contributed by atoms with Crippen LogP contribution in [0.4, 0.5) is 0 Å². The van der Waals surface area contributed by atoms with E-state index in [1.54, 1.807) is 0 Å². The Hall–Kier alpha value is -1.57. The summed E-state index contributed by atoms with van der Waals surface area (Å²) in [5, 5.41) is 0. The van der Waals surface area contributed by atoms with Crippen LogP contribution in [0.1, 0.15) is 51.7 Å². The van der Waals surface area contributed by atoms with E-state index in [0.717, 1.165) is 5.57 Å². The lowest BCUT2D eigenvalue weighted by atomic mass is 9.93. The number of rotatable bonds is 5. The van der Waals surface area contributed by atoms with Crippen LogP contribution in [0, 0.1) is 5.92 Å². The smallest absolute Gasteiger partial charge is 0.302 e. The molecule has 0 saturated heterocycles. The van der Waals surface area contributed by atoms with Crippen LogP contribution in [-0.4, -0.2) is 12.6 Å². The molecule has 0 atom stereocenters. The average molecular weight is 260 g/mol. The van der Waals surface area contributed by atoms with Crippen molar-refractivity contribution in [1.29, 1.82) is 0 Å². The summed E-state index contributed by atoms with van der Waals surface area (Å²) < 4.78 is 5.13. The molecule has 0 amide bonds. The summed E-state index contributed by atoms with van der Waals surface area (Å²) in [6.45, 7) is 10.4. The fourth-order valence-corrected chi connectivity index (χ4v) is 1.93. The molecule has 104 valence electrons. The molecule has 1 aromatic rings. The quantitative estimate of drug-likeness (QED) is 0.733. The SMILES string of the molecule is CC(=O)OCC(=Cc1ccccc1C(C)C)C(C)C. The Kier molecular flexibility index (Phi) is 5.81. The molecule has 0 aliphatic heterocycles. The molecule has 2 heteroatoms. The molecule has 0 aliphatic carbocycles. The number of benzene rings is 1. The van der Waals surface area contributed by atoms with Crippen LogP contribution < -0.4 is 0 Å². The van der Waals surface area contributed by atoms with Crippen molar-refractivity contribution in [3.05, 3.63) is 41.0 Å². The van der Waals surface area contributed by atoms with E-state index >= 15 is 0 Å². The number of hydrogen-bond donors (Lipinski definition) is 0. The summed E-state index contributed by atoms with van der Waals surface area (Å²) in [4.78, 5) is 10.9. The van der Waals surface area contributed by atoms with Crippen LogP contribution >= 0.6 is 0 Å². The first-order chi connectivity index (χ1) is 8.91. The zero-order chi connectivity index (χ0) is 14.4. The van der Waals surface area contributed by atoms with Gasteiger partial charge in [-0.25, -0.2) is 0 Å². The second-order valence-corrected chi connectivity index (χ2v) is 5.44. The minimum atomic E-state index is -0.233. The van der Waals surface area contributed by atoms with Crippen LogP contribution in [0.15, 0.2) is 29.8 Å². The maximum absolute atomic E-state index is 10.9. The van der Waals surface area contributed by atoms with Gasteiger partial charge in [-0.15, -0.1) is 0 Å². The largest absolute Gasteiger partial charge is 0.461 e. The topological polar surface area (TPSA) is 26.3 Å². The van der Waals surface area contributed by atoms with Gasteiger partial charge < -0.3 is 4.74 Å². The Morgan fingerprint density at radius 2 is 1.84 bits per heavy atom. The molecule has 0 bridgehead atoms. The van der Waals surface area contributed by atoms with Gasteiger partial charge in [-0.3, -0.25) is 4.79 Å². The fourth-order valence-electron chi connectivity index (χ4n) is 1.93. The van der Waals surface area contributed by atoms with Gasteiger partial charge in [-0.1, -0.05) is 58.0 Å². The van der Waals surface area contributed by atoms with Gasteiger partial charge in [0.15, 0.2) is 0 Å². The van der Waals surface area contributed by atoms with E-state index in [2.05, 4.69) is 52.0 Å². The standard InChI is InChI=1S/C17H24O2/c1-12(2)16(11-19-14(5)18)10-15-8-6-7-9-17(15)13(3)4/h6-10,12-13H,11H2,1-5H3. The summed E-state index contributed by atoms with van der Waals surface area (Å²) in [5.74, 6) is 0.609. The van der Waals surface area contributed by atoms with Gasteiger partial charge in [0.1, 0.15) is 6.61 Å². The highest BCUT2D eigenvalue weighted by atomic mass is 16.5. The lowest BCUT2D eigenvalue weighted by Crippen LogP contribution is -2.07. The van der Waals surface area contributed by atoms with Crippen molar-refractivity contribution >= 4 is 12.0 Å². The van der Waals surface area contributed by atoms with E-state index in [4.69, 9.17) is 4.74 Å². The zero-order valence-corrected chi connectivity index (χ0v) is 12.6. The van der Waals surface area contributed by atoms with Crippen molar-refractivity contribution in [2.75, 3.05) is 6.61 Å². The van der Waals surface area contributed by atoms with Gasteiger partial charge in [0, 0.05) is 6.92 Å². The highest BCUT2D eigenvalue weighted by molar-refractivity contribution is 5.66. The predicted octanol–water partition coefficient (Wildman–Crippen LogP) is 4.41. The molecule has 0 radical (unpaired) electrons. The predicted molar refractivity (Wildman–Crippen MR) is 80.0 cm³/mol. The van der Waals surface area contributed by atoms with E-state index in [9.17, 15) is 4.79 Å². The van der Waals surface area contributed by atoms with Crippen molar-refractivity contribution in [3.8, 4) is 0 Å². The Morgan fingerprint density at radius 3 is 2.37 bits per heavy atom. The summed E-state index contributed by atoms with van der Waals surface area (Å²) >= 11 is 0. The van der Waals surface area contributed by atoms with Crippen molar-refractivity contribution in [2.45, 2.75) is 40.5 Å². The van der Waals surface area contributed by atoms with E-state index in [1.165, 1.54) is 18.1 Å². The molecular weight excluding hydrogens is 236 g/mol. The Bertz CT molecular complexity index is 456. The van der Waals surface area contributed by atoms with Crippen LogP contribution in [0.2, 0.25) is 0 Å². The van der Waals surface area contributed by atoms with Crippen LogP contribution in [0.5, 0.6) is 0 Å². The normalized spacial score (nSPS) is 12.1. The molecule has 19 heavy (non-hydrogen) atoms. The number of esters is 1. The number of carbonyl (C=O) groups is 1. The van der Waals surface area contributed by atoms with Gasteiger partial charge in [-0.2, -0.15) is 0 Å². The first kappa shape index (κ1) is 15.5. The van der Waals surface area contributed by atoms with Gasteiger partial charge in [0.05, 0.1) is 0 Å². The summed E-state index contributed by atoms with van der Waals surface area (Å²) in [6.07, 6.45) is 2.16. The molecular formula is C17H24O2. The van der Waals surface area contributed by atoms with Gasteiger partial charge >= 0.3 is 5.97 Å². The summed E-state index contributed by atoms with van der Waals surface area (Å²) in [5.41, 5.74) is 3.68. The molecule has 2 nitrogen and oxygen atoms in total. The van der Waals surface area contributed by atoms with Crippen molar-refractivity contribution in [3.63, 3.8) is 0 Å². The van der Waals surface area contributed by atoms with Crippen molar-refractivity contribution in [2.24, 2.45) is 5.92 Å². The minimum absolute atomic E-state index is 0.233. The van der Waals surface area contributed by atoms with Gasteiger partial charge in [0.25, 0.3) is 0 Å². The molecule has 1 rings (SSSR count). The number of ether oxygens (including phenoxy) is 1. The van der Waals surface area contributed by atoms with Crippen molar-refractivity contribution in [1.82, 2.24) is 0 Å². The molecule has 0 spiro atoms. The Balaban J connectivity index is 3.04. The molecule has 0 saturated carbocycles. The first-order valence-corrected chi connectivity index (χ1v) is 6.84. The Morgan fingerprint density at radius 1 is 1.21 bits per heavy atom.